The van der Waals surface area contributed by atoms with Crippen LogP contribution >= 0.6 is 11.6 Å². The van der Waals surface area contributed by atoms with E-state index in [-0.39, 0.29) is 47.7 Å². The highest BCUT2D eigenvalue weighted by Crippen LogP contribution is 2.46. The van der Waals surface area contributed by atoms with Crippen molar-refractivity contribution in [3.63, 3.8) is 0 Å². The van der Waals surface area contributed by atoms with Gasteiger partial charge in [-0.15, -0.1) is 0 Å². The number of pyridine rings is 1. The van der Waals surface area contributed by atoms with Gasteiger partial charge in [0.25, 0.3) is 15.9 Å². The number of ether oxygens (including phenoxy) is 6. The van der Waals surface area contributed by atoms with Gasteiger partial charge in [-0.1, -0.05) is 37.6 Å². The Balaban J connectivity index is 0.955. The van der Waals surface area contributed by atoms with Gasteiger partial charge in [0, 0.05) is 81.4 Å². The summed E-state index contributed by atoms with van der Waals surface area (Å²) in [4.78, 5) is 40.4. The number of benzene rings is 3. The normalized spacial score (nSPS) is 23.0. The van der Waals surface area contributed by atoms with Crippen LogP contribution < -0.4 is 24.0 Å². The van der Waals surface area contributed by atoms with Crippen LogP contribution in [0, 0.1) is 15.5 Å². The van der Waals surface area contributed by atoms with Crippen LogP contribution in [0.5, 0.6) is 11.6 Å². The third-order valence-electron chi connectivity index (χ3n) is 14.6. The second-order valence-corrected chi connectivity index (χ2v) is 22.3. The Morgan fingerprint density at radius 2 is 1.82 bits per heavy atom. The summed E-state index contributed by atoms with van der Waals surface area (Å²) in [7, 11) is -3.05. The Labute approximate surface area is 430 Å². The van der Waals surface area contributed by atoms with E-state index in [9.17, 15) is 23.3 Å². The number of carbonyl (C=O) groups excluding carboxylic acids is 1. The Kier molecular flexibility index (Phi) is 15.0. The summed E-state index contributed by atoms with van der Waals surface area (Å²) in [6.07, 6.45) is 5.94. The molecule has 3 fully saturated rings. The minimum Gasteiger partial charge on any atom is -0.484 e. The number of hydrogen-bond acceptors (Lipinski definition) is 15. The van der Waals surface area contributed by atoms with Crippen molar-refractivity contribution in [2.75, 3.05) is 89.3 Å². The van der Waals surface area contributed by atoms with Gasteiger partial charge in [-0.05, 0) is 115 Å². The van der Waals surface area contributed by atoms with Crippen molar-refractivity contribution in [3.8, 4) is 11.6 Å². The number of nitrogens with one attached hydrogen (secondary N) is 2. The van der Waals surface area contributed by atoms with Gasteiger partial charge in [0.2, 0.25) is 5.88 Å². The number of H-pyrrole nitrogens is 1. The highest BCUT2D eigenvalue weighted by Gasteiger charge is 2.39. The number of anilines is 3. The van der Waals surface area contributed by atoms with Crippen molar-refractivity contribution in [1.29, 1.82) is 0 Å². The molecule has 5 aromatic rings. The molecule has 3 aromatic carbocycles. The number of allylic oxidation sites excluding steroid dienone is 1. The maximum atomic E-state index is 14.6. The van der Waals surface area contributed by atoms with E-state index in [4.69, 9.17) is 45.0 Å². The van der Waals surface area contributed by atoms with Crippen LogP contribution in [-0.4, -0.2) is 138 Å². The molecule has 4 aliphatic heterocycles. The fourth-order valence-corrected chi connectivity index (χ4v) is 11.8. The summed E-state index contributed by atoms with van der Waals surface area (Å²) in [5, 5.41) is 13.8. The molecule has 5 aliphatic rings. The zero-order valence-electron chi connectivity index (χ0n) is 41.3. The third kappa shape index (κ3) is 11.3. The molecule has 0 radical (unpaired) electrons. The lowest BCUT2D eigenvalue weighted by molar-refractivity contribution is -0.386. The van der Waals surface area contributed by atoms with Crippen LogP contribution in [0.1, 0.15) is 68.3 Å². The van der Waals surface area contributed by atoms with Gasteiger partial charge < -0.3 is 43.2 Å². The predicted octanol–water partition coefficient (Wildman–Crippen LogP) is 8.31. The fourth-order valence-electron chi connectivity index (χ4n) is 10.7. The lowest BCUT2D eigenvalue weighted by Crippen LogP contribution is -2.56. The van der Waals surface area contributed by atoms with Gasteiger partial charge in [-0.25, -0.2) is 13.1 Å². The van der Waals surface area contributed by atoms with Gasteiger partial charge >= 0.3 is 5.69 Å². The van der Waals surface area contributed by atoms with Gasteiger partial charge in [0.15, 0.2) is 5.75 Å². The smallest absolute Gasteiger partial charge is 0.312 e. The summed E-state index contributed by atoms with van der Waals surface area (Å²) in [6.45, 7) is 10.2. The molecule has 2 aromatic heterocycles. The summed E-state index contributed by atoms with van der Waals surface area (Å²) in [6, 6.07) is 20.7. The molecule has 4 atom stereocenters. The fraction of sp³-hybridized carbons (Fsp3) is 0.472. The molecule has 10 rings (SSSR count). The minimum atomic E-state index is -4.66. The van der Waals surface area contributed by atoms with Crippen LogP contribution in [0.15, 0.2) is 89.5 Å². The number of aromatic amines is 1. The Morgan fingerprint density at radius 3 is 2.62 bits per heavy atom. The Hall–Kier alpha value is -5.80. The molecule has 0 spiro atoms. The summed E-state index contributed by atoms with van der Waals surface area (Å²) in [5.74, 6) is -0.679. The van der Waals surface area contributed by atoms with Gasteiger partial charge in [-0.3, -0.25) is 19.8 Å². The van der Waals surface area contributed by atoms with E-state index in [1.807, 2.05) is 41.3 Å². The number of hydrogen-bond donors (Lipinski definition) is 2. The van der Waals surface area contributed by atoms with E-state index in [0.29, 0.717) is 107 Å². The molecule has 6 heterocycles. The minimum absolute atomic E-state index is 0.00135. The highest BCUT2D eigenvalue weighted by atomic mass is 35.5. The van der Waals surface area contributed by atoms with Crippen LogP contribution in [0.2, 0.25) is 5.02 Å². The highest BCUT2D eigenvalue weighted by molar-refractivity contribution is 7.90. The number of halogens is 1. The topological polar surface area (TPSA) is 200 Å². The van der Waals surface area contributed by atoms with E-state index in [1.54, 1.807) is 19.4 Å². The molecule has 18 nitrogen and oxygen atoms in total. The first-order chi connectivity index (χ1) is 35.2. The number of fused-ring (bicyclic) bond motifs is 4. The van der Waals surface area contributed by atoms with Crippen LogP contribution in [-0.2, 0) is 29.0 Å². The number of nitro benzene ring substituents is 1. The van der Waals surface area contributed by atoms with Crippen molar-refractivity contribution in [3.05, 3.63) is 111 Å². The van der Waals surface area contributed by atoms with Crippen molar-refractivity contribution in [1.82, 2.24) is 19.6 Å². The zero-order valence-corrected chi connectivity index (χ0v) is 42.9. The predicted molar refractivity (Wildman–Crippen MR) is 277 cm³/mol. The van der Waals surface area contributed by atoms with E-state index in [0.717, 1.165) is 48.4 Å². The van der Waals surface area contributed by atoms with Gasteiger partial charge in [0.05, 0.1) is 65.2 Å². The summed E-state index contributed by atoms with van der Waals surface area (Å²) in [5.41, 5.74) is 5.81. The monoisotopic (exact) mass is 1040 g/mol. The average Bonchev–Trinajstić information content (AvgIpc) is 3.73. The molecule has 2 N–H and O–H groups in total. The Bertz CT molecular complexity index is 2980. The number of nitro groups is 1. The van der Waals surface area contributed by atoms with Crippen molar-refractivity contribution in [2.45, 2.75) is 81.6 Å². The van der Waals surface area contributed by atoms with Crippen molar-refractivity contribution < 1.29 is 46.6 Å². The largest absolute Gasteiger partial charge is 0.484 e. The third-order valence-corrected chi connectivity index (χ3v) is 16.2. The van der Waals surface area contributed by atoms with Crippen LogP contribution in [0.25, 0.3) is 16.6 Å². The summed E-state index contributed by atoms with van der Waals surface area (Å²) < 4.78 is 66.6. The molecule has 0 bridgehead atoms. The van der Waals surface area contributed by atoms with Crippen LogP contribution in [0.3, 0.4) is 0 Å². The number of rotatable bonds is 11. The number of piperazine rings is 1. The van der Waals surface area contributed by atoms with Gasteiger partial charge in [-0.2, -0.15) is 4.98 Å². The molecule has 1 amide bonds. The van der Waals surface area contributed by atoms with Crippen molar-refractivity contribution in [2.24, 2.45) is 5.41 Å². The second kappa shape index (κ2) is 21.6. The van der Waals surface area contributed by atoms with Gasteiger partial charge in [0.1, 0.15) is 17.9 Å². The molecule has 388 valence electrons. The molecule has 1 aliphatic carbocycles. The van der Waals surface area contributed by atoms with Crippen molar-refractivity contribution >= 4 is 66.9 Å². The zero-order chi connectivity index (χ0) is 50.9. The average molecular weight is 1040 g/mol. The molecular formula is C53H62ClN7O11S. The lowest BCUT2D eigenvalue weighted by Gasteiger charge is -2.45. The number of aromatic nitrogens is 2. The van der Waals surface area contributed by atoms with Crippen LogP contribution in [0.4, 0.5) is 22.7 Å². The number of nitrogens with zero attached hydrogens (tertiary/aromatic N) is 5. The van der Waals surface area contributed by atoms with E-state index >= 15 is 0 Å². The molecular weight excluding hydrogens is 978 g/mol. The number of methoxy groups -OCH3 is 1. The Morgan fingerprint density at radius 1 is 0.973 bits per heavy atom. The van der Waals surface area contributed by atoms with E-state index in [2.05, 4.69) is 45.5 Å². The van der Waals surface area contributed by atoms with E-state index in [1.165, 1.54) is 23.3 Å². The number of amides is 1. The molecule has 73 heavy (non-hydrogen) atoms. The quantitative estimate of drug-likeness (QED) is 0.0945. The standard InChI is InChI=1S/C53H62ClN7O11S/c1-53(2)27-43(34-6-8-36(54)9-7-34)44-30-59-20-19-58(29-38(59)31-68-21-5-23-69-49(44)28-53)37-10-14-42(45(25-37)60-18-4-22-70-52-47(60)24-35-16-17-55-50(35)56-52)51(62)57-73(65,66)41-13-15-48(46(26-41)61(63)64)72-33-40-12-11-39(67-3)32-71-40/h6-10,13-17,24-26,38-40,49H,4-5,11-12,18-23,27-33H2,1-3H3,(H,55,56)(H,57,62)/t38-,39?,40-,49+/m0/s1. The summed E-state index contributed by atoms with van der Waals surface area (Å²) >= 11 is 6.38. The molecule has 1 unspecified atom stereocenters. The second-order valence-electron chi connectivity index (χ2n) is 20.2. The molecule has 3 saturated heterocycles. The maximum Gasteiger partial charge on any atom is 0.312 e. The first-order valence-corrected chi connectivity index (χ1v) is 26.9. The molecule has 0 saturated carbocycles. The number of carbonyl (C=O) groups is 1. The molecule has 20 heteroatoms. The lowest BCUT2D eigenvalue weighted by atomic mass is 9.71. The first-order valence-electron chi connectivity index (χ1n) is 25.0. The SMILES string of the molecule is COC1CC[C@@H](COc2ccc(S(=O)(=O)NC(=O)c3ccc(N4CCN5CC6=C(c7ccc(Cl)cc7)CC(C)(C)C[C@H]6OCCCOC[C@@H]5C4)cc3N3CCCOc4nc5[nH]ccc5cc43)cc2[N+](=O)[O-])OC1. The maximum absolute atomic E-state index is 14.6. The first kappa shape index (κ1) is 50.7. The van der Waals surface area contributed by atoms with E-state index < -0.39 is 31.4 Å². The number of sulfonamides is 1.